The number of thioether (sulfide) groups is 1. The molecule has 184 valence electrons. The van der Waals surface area contributed by atoms with Crippen LogP contribution in [0.15, 0.2) is 113 Å². The molecule has 0 aliphatic carbocycles. The number of carbonyl (C=O) groups is 2. The standard InChI is InChI=1S/C31H25FN2O2S/c32-26-11-5-4-10-25(26)21-34-27-12-6-7-13-28(27)37-29(31(34)36)20-23-14-16-24(17-15-23)30(35)33-19-18-22-8-2-1-3-9-22/h1-17,20H,18-19,21H2,(H,33,35)/b29-20-. The van der Waals surface area contributed by atoms with Crippen molar-refractivity contribution in [1.82, 2.24) is 5.32 Å². The number of anilines is 1. The first-order valence-electron chi connectivity index (χ1n) is 12.0. The summed E-state index contributed by atoms with van der Waals surface area (Å²) in [7, 11) is 0. The Morgan fingerprint density at radius 3 is 2.35 bits per heavy atom. The SMILES string of the molecule is O=C(NCCc1ccccc1)c1ccc(/C=C2\Sc3ccccc3N(Cc3ccccc3F)C2=O)cc1. The van der Waals surface area contributed by atoms with Gasteiger partial charge in [-0.2, -0.15) is 0 Å². The van der Waals surface area contributed by atoms with Crippen molar-refractivity contribution < 1.29 is 14.0 Å². The van der Waals surface area contributed by atoms with Crippen LogP contribution >= 0.6 is 11.8 Å². The summed E-state index contributed by atoms with van der Waals surface area (Å²) < 4.78 is 14.4. The first-order valence-corrected chi connectivity index (χ1v) is 12.9. The molecule has 0 atom stereocenters. The number of hydrogen-bond donors (Lipinski definition) is 1. The van der Waals surface area contributed by atoms with Crippen LogP contribution < -0.4 is 10.2 Å². The molecule has 5 rings (SSSR count). The van der Waals surface area contributed by atoms with E-state index in [1.54, 1.807) is 35.2 Å². The molecule has 0 radical (unpaired) electrons. The van der Waals surface area contributed by atoms with Gasteiger partial charge in [0.2, 0.25) is 0 Å². The van der Waals surface area contributed by atoms with Gasteiger partial charge in [0, 0.05) is 22.6 Å². The molecule has 0 saturated heterocycles. The predicted molar refractivity (Wildman–Crippen MR) is 147 cm³/mol. The molecule has 1 aliphatic rings. The Balaban J connectivity index is 1.31. The van der Waals surface area contributed by atoms with Gasteiger partial charge >= 0.3 is 0 Å². The lowest BCUT2D eigenvalue weighted by atomic mass is 10.1. The summed E-state index contributed by atoms with van der Waals surface area (Å²) in [5.74, 6) is -0.660. The summed E-state index contributed by atoms with van der Waals surface area (Å²) in [6, 6.07) is 31.3. The van der Waals surface area contributed by atoms with Gasteiger partial charge in [-0.3, -0.25) is 9.59 Å². The molecule has 2 amide bonds. The maximum Gasteiger partial charge on any atom is 0.265 e. The number of hydrogen-bond acceptors (Lipinski definition) is 3. The lowest BCUT2D eigenvalue weighted by molar-refractivity contribution is -0.114. The van der Waals surface area contributed by atoms with E-state index in [9.17, 15) is 14.0 Å². The molecular formula is C31H25FN2O2S. The molecular weight excluding hydrogens is 483 g/mol. The topological polar surface area (TPSA) is 49.4 Å². The second-order valence-electron chi connectivity index (χ2n) is 8.67. The van der Waals surface area contributed by atoms with E-state index < -0.39 is 0 Å². The molecule has 0 spiro atoms. The zero-order chi connectivity index (χ0) is 25.6. The second-order valence-corrected chi connectivity index (χ2v) is 9.76. The van der Waals surface area contributed by atoms with Crippen LogP contribution in [-0.4, -0.2) is 18.4 Å². The molecule has 37 heavy (non-hydrogen) atoms. The van der Waals surface area contributed by atoms with Gasteiger partial charge in [-0.05, 0) is 54.0 Å². The van der Waals surface area contributed by atoms with E-state index in [1.165, 1.54) is 23.4 Å². The number of nitrogens with one attached hydrogen (secondary N) is 1. The average molecular weight is 509 g/mol. The number of amides is 2. The highest BCUT2D eigenvalue weighted by Gasteiger charge is 2.29. The number of para-hydroxylation sites is 1. The van der Waals surface area contributed by atoms with Crippen molar-refractivity contribution in [3.05, 3.63) is 136 Å². The summed E-state index contributed by atoms with van der Waals surface area (Å²) in [6.45, 7) is 0.694. The molecule has 1 N–H and O–H groups in total. The first kappa shape index (κ1) is 24.5. The van der Waals surface area contributed by atoms with Crippen LogP contribution in [0.2, 0.25) is 0 Å². The number of halogens is 1. The van der Waals surface area contributed by atoms with E-state index in [1.807, 2.05) is 72.8 Å². The smallest absolute Gasteiger partial charge is 0.265 e. The zero-order valence-corrected chi connectivity index (χ0v) is 20.9. The third-order valence-corrected chi connectivity index (χ3v) is 7.21. The minimum atomic E-state index is -0.339. The highest BCUT2D eigenvalue weighted by molar-refractivity contribution is 8.04. The summed E-state index contributed by atoms with van der Waals surface area (Å²) in [5.41, 5.74) is 3.76. The van der Waals surface area contributed by atoms with Gasteiger partial charge in [-0.1, -0.05) is 84.6 Å². The van der Waals surface area contributed by atoms with Crippen molar-refractivity contribution in [2.75, 3.05) is 11.4 Å². The second kappa shape index (κ2) is 11.3. The van der Waals surface area contributed by atoms with Crippen LogP contribution in [0.5, 0.6) is 0 Å². The van der Waals surface area contributed by atoms with Gasteiger partial charge in [0.25, 0.3) is 11.8 Å². The molecule has 1 heterocycles. The summed E-state index contributed by atoms with van der Waals surface area (Å²) in [5, 5.41) is 2.95. The number of rotatable bonds is 7. The van der Waals surface area contributed by atoms with Gasteiger partial charge < -0.3 is 10.2 Å². The number of nitrogens with zero attached hydrogens (tertiary/aromatic N) is 1. The third kappa shape index (κ3) is 5.81. The maximum atomic E-state index is 14.4. The van der Waals surface area contributed by atoms with E-state index in [-0.39, 0.29) is 24.2 Å². The summed E-state index contributed by atoms with van der Waals surface area (Å²) >= 11 is 1.39. The van der Waals surface area contributed by atoms with Crippen molar-refractivity contribution in [3.63, 3.8) is 0 Å². The van der Waals surface area contributed by atoms with Crippen molar-refractivity contribution in [1.29, 1.82) is 0 Å². The molecule has 0 bridgehead atoms. The van der Waals surface area contributed by atoms with Crippen molar-refractivity contribution >= 4 is 35.3 Å². The quantitative estimate of drug-likeness (QED) is 0.291. The molecule has 4 aromatic carbocycles. The number of carbonyl (C=O) groups excluding carboxylic acids is 2. The Kier molecular flexibility index (Phi) is 7.47. The summed E-state index contributed by atoms with van der Waals surface area (Å²) in [6.07, 6.45) is 2.58. The van der Waals surface area contributed by atoms with Gasteiger partial charge in [0.15, 0.2) is 0 Å². The van der Waals surface area contributed by atoms with Crippen LogP contribution in [0.3, 0.4) is 0 Å². The minimum Gasteiger partial charge on any atom is -0.352 e. The van der Waals surface area contributed by atoms with Crippen molar-refractivity contribution in [3.8, 4) is 0 Å². The average Bonchev–Trinajstić information content (AvgIpc) is 2.93. The van der Waals surface area contributed by atoms with Crippen molar-refractivity contribution in [2.45, 2.75) is 17.9 Å². The van der Waals surface area contributed by atoms with E-state index in [4.69, 9.17) is 0 Å². The monoisotopic (exact) mass is 508 g/mol. The predicted octanol–water partition coefficient (Wildman–Crippen LogP) is 6.48. The molecule has 4 aromatic rings. The normalized spacial score (nSPS) is 13.9. The van der Waals surface area contributed by atoms with Crippen LogP contribution in [0.4, 0.5) is 10.1 Å². The third-order valence-electron chi connectivity index (χ3n) is 6.13. The molecule has 1 aliphatic heterocycles. The Morgan fingerprint density at radius 2 is 1.57 bits per heavy atom. The number of benzene rings is 4. The van der Waals surface area contributed by atoms with E-state index in [0.717, 1.165) is 22.6 Å². The Bertz CT molecular complexity index is 1450. The highest BCUT2D eigenvalue weighted by atomic mass is 32.2. The van der Waals surface area contributed by atoms with Crippen LogP contribution in [-0.2, 0) is 17.8 Å². The fourth-order valence-electron chi connectivity index (χ4n) is 4.17. The Hall–Kier alpha value is -4.16. The molecule has 0 fully saturated rings. The largest absolute Gasteiger partial charge is 0.352 e. The van der Waals surface area contributed by atoms with E-state index in [2.05, 4.69) is 5.32 Å². The van der Waals surface area contributed by atoms with Crippen LogP contribution in [0.1, 0.15) is 27.0 Å². The lowest BCUT2D eigenvalue weighted by Crippen LogP contribution is -2.34. The van der Waals surface area contributed by atoms with Crippen LogP contribution in [0, 0.1) is 5.82 Å². The fraction of sp³-hybridized carbons (Fsp3) is 0.0968. The van der Waals surface area contributed by atoms with Gasteiger partial charge in [0.1, 0.15) is 5.82 Å². The minimum absolute atomic E-state index is 0.136. The summed E-state index contributed by atoms with van der Waals surface area (Å²) in [4.78, 5) is 29.1. The fourth-order valence-corrected chi connectivity index (χ4v) is 5.22. The molecule has 0 saturated carbocycles. The lowest BCUT2D eigenvalue weighted by Gasteiger charge is -2.30. The molecule has 4 nitrogen and oxygen atoms in total. The zero-order valence-electron chi connectivity index (χ0n) is 20.1. The number of fused-ring (bicyclic) bond motifs is 1. The molecule has 6 heteroatoms. The molecule has 0 aromatic heterocycles. The Morgan fingerprint density at radius 1 is 0.865 bits per heavy atom. The Labute approximate surface area is 219 Å². The van der Waals surface area contributed by atoms with Crippen LogP contribution in [0.25, 0.3) is 6.08 Å². The first-order chi connectivity index (χ1) is 18.1. The molecule has 0 unspecified atom stereocenters. The van der Waals surface area contributed by atoms with Gasteiger partial charge in [-0.25, -0.2) is 4.39 Å². The maximum absolute atomic E-state index is 14.4. The van der Waals surface area contributed by atoms with E-state index >= 15 is 0 Å². The van der Waals surface area contributed by atoms with E-state index in [0.29, 0.717) is 22.6 Å². The van der Waals surface area contributed by atoms with Crippen molar-refractivity contribution in [2.24, 2.45) is 0 Å². The highest BCUT2D eigenvalue weighted by Crippen LogP contribution is 2.42. The van der Waals surface area contributed by atoms with Gasteiger partial charge in [0.05, 0.1) is 17.1 Å². The van der Waals surface area contributed by atoms with Gasteiger partial charge in [-0.15, -0.1) is 0 Å².